The lowest BCUT2D eigenvalue weighted by molar-refractivity contribution is -0.137. The van der Waals surface area contributed by atoms with Crippen LogP contribution in [0.3, 0.4) is 0 Å². The predicted molar refractivity (Wildman–Crippen MR) is 177 cm³/mol. The summed E-state index contributed by atoms with van der Waals surface area (Å²) in [7, 11) is 0. The number of hydrogen-bond donors (Lipinski definition) is 1. The number of benzene rings is 2. The van der Waals surface area contributed by atoms with Crippen LogP contribution in [0.5, 0.6) is 6.01 Å². The molecule has 50 heavy (non-hydrogen) atoms. The Balaban J connectivity index is 1.32. The highest BCUT2D eigenvalue weighted by Gasteiger charge is 2.49. The summed E-state index contributed by atoms with van der Waals surface area (Å²) in [5.74, 6) is -2.10. The van der Waals surface area contributed by atoms with Gasteiger partial charge in [-0.15, -0.1) is 11.3 Å². The minimum atomic E-state index is -5.08. The van der Waals surface area contributed by atoms with Crippen LogP contribution in [0.25, 0.3) is 32.1 Å². The topological polar surface area (TPSA) is 104 Å². The summed E-state index contributed by atoms with van der Waals surface area (Å²) in [6.45, 7) is 1.76. The van der Waals surface area contributed by atoms with Crippen molar-refractivity contribution in [1.82, 2.24) is 19.9 Å². The van der Waals surface area contributed by atoms with Crippen LogP contribution in [0.4, 0.5) is 37.2 Å². The maximum atomic E-state index is 17.1. The Labute approximate surface area is 286 Å². The van der Waals surface area contributed by atoms with Gasteiger partial charge in [0.05, 0.1) is 21.4 Å². The molecular formula is C35H29F6N7OS. The molecule has 3 unspecified atom stereocenters. The summed E-state index contributed by atoms with van der Waals surface area (Å²) in [6.07, 6.45) is -0.291. The number of ether oxygens (including phenoxy) is 1. The smallest absolute Gasteiger partial charge is 0.417 e. The summed E-state index contributed by atoms with van der Waals surface area (Å²) < 4.78 is 97.4. The van der Waals surface area contributed by atoms with Gasteiger partial charge in [-0.05, 0) is 55.1 Å². The van der Waals surface area contributed by atoms with Crippen molar-refractivity contribution >= 4 is 43.1 Å². The van der Waals surface area contributed by atoms with Crippen molar-refractivity contribution in [3.05, 3.63) is 71.1 Å². The number of rotatable bonds is 6. The molecule has 5 aromatic rings. The molecule has 3 fully saturated rings. The van der Waals surface area contributed by atoms with E-state index in [1.807, 2.05) is 17.0 Å². The third kappa shape index (κ3) is 5.27. The van der Waals surface area contributed by atoms with Crippen LogP contribution in [0.1, 0.15) is 48.3 Å². The number of pyridine rings is 1. The van der Waals surface area contributed by atoms with E-state index in [0.717, 1.165) is 30.2 Å². The number of anilines is 2. The molecule has 0 radical (unpaired) electrons. The fourth-order valence-corrected chi connectivity index (χ4v) is 8.93. The highest BCUT2D eigenvalue weighted by molar-refractivity contribution is 7.23. The van der Waals surface area contributed by atoms with Crippen LogP contribution in [-0.2, 0) is 6.18 Å². The van der Waals surface area contributed by atoms with Crippen molar-refractivity contribution in [3.8, 4) is 23.2 Å². The lowest BCUT2D eigenvalue weighted by atomic mass is 9.92. The molecule has 3 saturated heterocycles. The second-order valence-electron chi connectivity index (χ2n) is 13.2. The fourth-order valence-electron chi connectivity index (χ4n) is 7.98. The van der Waals surface area contributed by atoms with Gasteiger partial charge in [0.15, 0.2) is 5.82 Å². The van der Waals surface area contributed by atoms with Crippen LogP contribution in [0.15, 0.2) is 42.7 Å². The van der Waals surface area contributed by atoms with Crippen molar-refractivity contribution in [3.63, 3.8) is 0 Å². The number of thiophene rings is 1. The van der Waals surface area contributed by atoms with Crippen molar-refractivity contribution < 1.29 is 31.1 Å². The van der Waals surface area contributed by atoms with Crippen molar-refractivity contribution in [1.29, 1.82) is 5.26 Å². The van der Waals surface area contributed by atoms with E-state index in [2.05, 4.69) is 15.0 Å². The summed E-state index contributed by atoms with van der Waals surface area (Å²) >= 11 is 0.696. The Bertz CT molecular complexity index is 2190. The molecule has 2 N–H and O–H groups in total. The first-order valence-electron chi connectivity index (χ1n) is 16.2. The molecule has 3 aromatic heterocycles. The van der Waals surface area contributed by atoms with Crippen molar-refractivity contribution in [2.45, 2.75) is 49.5 Å². The number of alkyl halides is 4. The van der Waals surface area contributed by atoms with Gasteiger partial charge in [-0.2, -0.15) is 28.4 Å². The third-order valence-electron chi connectivity index (χ3n) is 10.3. The minimum Gasteiger partial charge on any atom is -0.461 e. The van der Waals surface area contributed by atoms with Gasteiger partial charge in [0.25, 0.3) is 0 Å². The predicted octanol–water partition coefficient (Wildman–Crippen LogP) is 7.61. The SMILES string of the molecule is N#Cc1c(N)sc2c(F)ccc(-c3c(C(F)(F)F)cc4c(N5CCC(c6cccnc6)C5)nc(OCC56CCCN5CC(F)C6)nc4c3F)c12. The van der Waals surface area contributed by atoms with Crippen LogP contribution >= 0.6 is 11.3 Å². The van der Waals surface area contributed by atoms with Gasteiger partial charge in [0.2, 0.25) is 0 Å². The maximum absolute atomic E-state index is 17.1. The minimum absolute atomic E-state index is 0.0175. The van der Waals surface area contributed by atoms with Crippen LogP contribution < -0.4 is 15.4 Å². The Morgan fingerprint density at radius 1 is 1.14 bits per heavy atom. The van der Waals surface area contributed by atoms with Crippen molar-refractivity contribution in [2.75, 3.05) is 43.4 Å². The van der Waals surface area contributed by atoms with Gasteiger partial charge < -0.3 is 15.4 Å². The molecule has 8 nitrogen and oxygen atoms in total. The highest BCUT2D eigenvalue weighted by atomic mass is 32.1. The quantitative estimate of drug-likeness (QED) is 0.180. The number of nitrogen functional groups attached to an aromatic ring is 1. The average molecular weight is 710 g/mol. The number of fused-ring (bicyclic) bond motifs is 3. The van der Waals surface area contributed by atoms with Gasteiger partial charge in [0, 0.05) is 60.7 Å². The molecule has 258 valence electrons. The van der Waals surface area contributed by atoms with Crippen molar-refractivity contribution in [2.24, 2.45) is 0 Å². The number of aromatic nitrogens is 3. The molecule has 0 aliphatic carbocycles. The standard InChI is InChI=1S/C35H29F6N7OS/c36-20-12-34(7-2-9-48(34)16-20)17-49-33-45-29-22(32(46-33)47-10-6-19(15-47)18-3-1-8-44-14-18)11-24(35(39,40)41)27(28(29)38)21-4-5-25(37)30-26(21)23(13-42)31(43)50-30/h1,3-5,8,11,14,19-20H,2,6-7,9-10,12,15-17,43H2. The maximum Gasteiger partial charge on any atom is 0.417 e. The molecule has 3 aliphatic heterocycles. The fraction of sp³-hybridized carbons (Fsp3) is 0.371. The zero-order valence-corrected chi connectivity index (χ0v) is 27.2. The van der Waals surface area contributed by atoms with Crippen LogP contribution in [-0.4, -0.2) is 64.3 Å². The molecule has 0 saturated carbocycles. The number of nitriles is 1. The Morgan fingerprint density at radius 2 is 1.98 bits per heavy atom. The second kappa shape index (κ2) is 12.0. The monoisotopic (exact) mass is 709 g/mol. The first-order chi connectivity index (χ1) is 24.0. The van der Waals surface area contributed by atoms with E-state index in [9.17, 15) is 27.2 Å². The molecule has 2 aromatic carbocycles. The summed E-state index contributed by atoms with van der Waals surface area (Å²) in [6, 6.07) is 8.05. The van der Waals surface area contributed by atoms with Gasteiger partial charge >= 0.3 is 12.2 Å². The molecule has 3 aliphatic rings. The lowest BCUT2D eigenvalue weighted by Crippen LogP contribution is -2.43. The summed E-state index contributed by atoms with van der Waals surface area (Å²) in [5.41, 5.74) is 3.05. The lowest BCUT2D eigenvalue weighted by Gasteiger charge is -2.31. The first-order valence-corrected chi connectivity index (χ1v) is 17.0. The van der Waals surface area contributed by atoms with Gasteiger partial charge in [0.1, 0.15) is 41.0 Å². The van der Waals surface area contributed by atoms with E-state index in [-0.39, 0.29) is 68.9 Å². The van der Waals surface area contributed by atoms with Gasteiger partial charge in [-0.3, -0.25) is 9.88 Å². The van der Waals surface area contributed by atoms with E-state index in [1.165, 1.54) is 0 Å². The molecular weight excluding hydrogens is 680 g/mol. The first kappa shape index (κ1) is 32.5. The number of nitrogens with two attached hydrogens (primary N) is 1. The van der Waals surface area contributed by atoms with Gasteiger partial charge in [-0.1, -0.05) is 12.1 Å². The molecule has 0 bridgehead atoms. The Morgan fingerprint density at radius 3 is 2.74 bits per heavy atom. The van der Waals surface area contributed by atoms with E-state index >= 15 is 4.39 Å². The van der Waals surface area contributed by atoms with Gasteiger partial charge in [-0.25, -0.2) is 13.2 Å². The molecule has 15 heteroatoms. The molecule has 0 amide bonds. The van der Waals surface area contributed by atoms with Crippen LogP contribution in [0, 0.1) is 23.0 Å². The zero-order chi connectivity index (χ0) is 34.9. The van der Waals surface area contributed by atoms with Crippen LogP contribution in [0.2, 0.25) is 0 Å². The largest absolute Gasteiger partial charge is 0.461 e. The molecule has 0 spiro atoms. The Hall–Kier alpha value is -4.68. The molecule has 3 atom stereocenters. The molecule has 8 rings (SSSR count). The number of hydrogen-bond acceptors (Lipinski definition) is 9. The second-order valence-corrected chi connectivity index (χ2v) is 14.2. The van der Waals surface area contributed by atoms with E-state index in [0.29, 0.717) is 43.8 Å². The number of halogens is 6. The average Bonchev–Trinajstić information content (AvgIpc) is 3.86. The summed E-state index contributed by atoms with van der Waals surface area (Å²) in [4.78, 5) is 16.9. The van der Waals surface area contributed by atoms with E-state index in [4.69, 9.17) is 10.5 Å². The normalized spacial score (nSPS) is 22.5. The Kier molecular flexibility index (Phi) is 7.79. The molecule has 6 heterocycles. The zero-order valence-electron chi connectivity index (χ0n) is 26.4. The van der Waals surface area contributed by atoms with E-state index < -0.39 is 46.2 Å². The summed E-state index contributed by atoms with van der Waals surface area (Å²) in [5, 5.41) is 9.32. The third-order valence-corrected chi connectivity index (χ3v) is 11.3. The number of nitrogens with zero attached hydrogens (tertiary/aromatic N) is 6. The highest BCUT2D eigenvalue weighted by Crippen LogP contribution is 2.49. The van der Waals surface area contributed by atoms with E-state index in [1.54, 1.807) is 23.4 Å².